The number of nitrogens with zero attached hydrogens (tertiary/aromatic N) is 1. The van der Waals surface area contributed by atoms with Crippen LogP contribution in [0.15, 0.2) is 23.1 Å². The van der Waals surface area contributed by atoms with Crippen LogP contribution in [0.3, 0.4) is 0 Å². The van der Waals surface area contributed by atoms with Crippen LogP contribution in [0.2, 0.25) is 0 Å². The van der Waals surface area contributed by atoms with E-state index in [1.165, 1.54) is 22.5 Å². The summed E-state index contributed by atoms with van der Waals surface area (Å²) in [5.41, 5.74) is -0.0393. The highest BCUT2D eigenvalue weighted by atomic mass is 127. The van der Waals surface area contributed by atoms with Gasteiger partial charge in [0.25, 0.3) is 0 Å². The lowest BCUT2D eigenvalue weighted by Gasteiger charge is -2.25. The van der Waals surface area contributed by atoms with Crippen molar-refractivity contribution in [1.82, 2.24) is 4.31 Å². The standard InChI is InChI=1S/C13H18INO5S/c1-9(2)15(6-3-7-16)21(19,20)10-4-5-12(14)11(8-10)13(17)18/h4-5,8-9,16H,3,6-7H2,1-2H3,(H,17,18). The molecule has 21 heavy (non-hydrogen) atoms. The van der Waals surface area contributed by atoms with Crippen LogP contribution in [0.5, 0.6) is 0 Å². The normalized spacial score (nSPS) is 12.1. The monoisotopic (exact) mass is 427 g/mol. The van der Waals surface area contributed by atoms with Crippen molar-refractivity contribution in [2.45, 2.75) is 31.2 Å². The second-order valence-electron chi connectivity index (χ2n) is 4.73. The lowest BCUT2D eigenvalue weighted by molar-refractivity contribution is 0.0695. The van der Waals surface area contributed by atoms with Gasteiger partial charge in [-0.15, -0.1) is 0 Å². The van der Waals surface area contributed by atoms with Crippen molar-refractivity contribution in [3.63, 3.8) is 0 Å². The summed E-state index contributed by atoms with van der Waals surface area (Å²) in [5, 5.41) is 18.0. The Balaban J connectivity index is 3.28. The van der Waals surface area contributed by atoms with Gasteiger partial charge in [0.2, 0.25) is 10.0 Å². The molecular weight excluding hydrogens is 409 g/mol. The van der Waals surface area contributed by atoms with Crippen LogP contribution >= 0.6 is 22.6 Å². The molecule has 8 heteroatoms. The number of carbonyl (C=O) groups is 1. The number of carboxylic acids is 1. The van der Waals surface area contributed by atoms with Crippen molar-refractivity contribution in [2.75, 3.05) is 13.2 Å². The number of aliphatic hydroxyl groups is 1. The quantitative estimate of drug-likeness (QED) is 0.647. The Hall–Kier alpha value is -0.710. The molecule has 1 aromatic carbocycles. The van der Waals surface area contributed by atoms with Crippen LogP contribution in [0.1, 0.15) is 30.6 Å². The van der Waals surface area contributed by atoms with Gasteiger partial charge in [-0.3, -0.25) is 0 Å². The number of hydrogen-bond donors (Lipinski definition) is 2. The first-order chi connectivity index (χ1) is 9.71. The summed E-state index contributed by atoms with van der Waals surface area (Å²) in [7, 11) is -3.79. The Morgan fingerprint density at radius 2 is 2.00 bits per heavy atom. The summed E-state index contributed by atoms with van der Waals surface area (Å²) in [6.45, 7) is 3.55. The highest BCUT2D eigenvalue weighted by Gasteiger charge is 2.27. The van der Waals surface area contributed by atoms with Crippen molar-refractivity contribution in [2.24, 2.45) is 0 Å². The lowest BCUT2D eigenvalue weighted by atomic mass is 10.2. The fraction of sp³-hybridized carbons (Fsp3) is 0.462. The Bertz CT molecular complexity index is 615. The molecule has 118 valence electrons. The Morgan fingerprint density at radius 1 is 1.38 bits per heavy atom. The number of aliphatic hydroxyl groups excluding tert-OH is 1. The summed E-state index contributed by atoms with van der Waals surface area (Å²) in [6.07, 6.45) is 0.327. The lowest BCUT2D eigenvalue weighted by Crippen LogP contribution is -2.38. The molecule has 2 N–H and O–H groups in total. The molecule has 6 nitrogen and oxygen atoms in total. The Kier molecular flexibility index (Phi) is 6.57. The van der Waals surface area contributed by atoms with Crippen molar-refractivity contribution in [3.05, 3.63) is 27.3 Å². The second kappa shape index (κ2) is 7.52. The Labute approximate surface area is 138 Å². The van der Waals surface area contributed by atoms with E-state index in [0.29, 0.717) is 9.99 Å². The number of rotatable bonds is 7. The molecule has 1 aromatic rings. The summed E-state index contributed by atoms with van der Waals surface area (Å²) in [6, 6.07) is 3.77. The number of benzene rings is 1. The first-order valence-electron chi connectivity index (χ1n) is 6.37. The zero-order valence-corrected chi connectivity index (χ0v) is 14.8. The average Bonchev–Trinajstić information content (AvgIpc) is 2.38. The van der Waals surface area contributed by atoms with E-state index in [4.69, 9.17) is 10.2 Å². The minimum atomic E-state index is -3.79. The maximum atomic E-state index is 12.6. The topological polar surface area (TPSA) is 94.9 Å². The van der Waals surface area contributed by atoms with Gasteiger partial charge in [0.1, 0.15) is 0 Å². The van der Waals surface area contributed by atoms with E-state index in [1.54, 1.807) is 13.8 Å². The number of carboxylic acid groups (broad SMARTS) is 1. The van der Waals surface area contributed by atoms with E-state index in [9.17, 15) is 13.2 Å². The van der Waals surface area contributed by atoms with Gasteiger partial charge in [-0.25, -0.2) is 13.2 Å². The molecule has 0 atom stereocenters. The minimum absolute atomic E-state index is 0.0393. The van der Waals surface area contributed by atoms with Crippen molar-refractivity contribution >= 4 is 38.6 Å². The number of aromatic carboxylic acids is 1. The third kappa shape index (κ3) is 4.38. The van der Waals surface area contributed by atoms with Crippen LogP contribution in [-0.4, -0.2) is 48.1 Å². The van der Waals surface area contributed by atoms with Gasteiger partial charge < -0.3 is 10.2 Å². The summed E-state index contributed by atoms with van der Waals surface area (Å²) >= 11 is 1.85. The smallest absolute Gasteiger partial charge is 0.336 e. The number of sulfonamides is 1. The van der Waals surface area contributed by atoms with E-state index < -0.39 is 16.0 Å². The van der Waals surface area contributed by atoms with Crippen LogP contribution in [-0.2, 0) is 10.0 Å². The van der Waals surface area contributed by atoms with E-state index >= 15 is 0 Å². The fourth-order valence-electron chi connectivity index (χ4n) is 1.85. The molecule has 0 heterocycles. The molecule has 1 rings (SSSR count). The molecule has 0 radical (unpaired) electrons. The number of halogens is 1. The molecule has 0 bridgehead atoms. The van der Waals surface area contributed by atoms with Gasteiger partial charge in [0, 0.05) is 22.8 Å². The minimum Gasteiger partial charge on any atom is -0.478 e. The van der Waals surface area contributed by atoms with Crippen molar-refractivity contribution in [1.29, 1.82) is 0 Å². The van der Waals surface area contributed by atoms with Gasteiger partial charge in [0.05, 0.1) is 10.5 Å². The zero-order valence-electron chi connectivity index (χ0n) is 11.8. The molecule has 0 aliphatic heterocycles. The van der Waals surface area contributed by atoms with Crippen molar-refractivity contribution < 1.29 is 23.4 Å². The van der Waals surface area contributed by atoms with Crippen molar-refractivity contribution in [3.8, 4) is 0 Å². The molecule has 0 aliphatic rings. The van der Waals surface area contributed by atoms with Gasteiger partial charge in [-0.1, -0.05) is 0 Å². The largest absolute Gasteiger partial charge is 0.478 e. The molecule has 0 saturated heterocycles. The highest BCUT2D eigenvalue weighted by Crippen LogP contribution is 2.22. The van der Waals surface area contributed by atoms with E-state index in [1.807, 2.05) is 22.6 Å². The summed E-state index contributed by atoms with van der Waals surface area (Å²) in [4.78, 5) is 11.1. The molecule has 0 aromatic heterocycles. The predicted molar refractivity (Wildman–Crippen MR) is 86.8 cm³/mol. The maximum Gasteiger partial charge on any atom is 0.336 e. The molecule has 0 spiro atoms. The maximum absolute atomic E-state index is 12.6. The third-order valence-electron chi connectivity index (χ3n) is 2.89. The van der Waals surface area contributed by atoms with Gasteiger partial charge in [0.15, 0.2) is 0 Å². The Morgan fingerprint density at radius 3 is 2.48 bits per heavy atom. The van der Waals surface area contributed by atoms with E-state index in [-0.39, 0.29) is 29.7 Å². The van der Waals surface area contributed by atoms with Crippen LogP contribution < -0.4 is 0 Å². The first kappa shape index (κ1) is 18.3. The summed E-state index contributed by atoms with van der Waals surface area (Å²) in [5.74, 6) is -1.16. The molecular formula is C13H18INO5S. The SMILES string of the molecule is CC(C)N(CCCO)S(=O)(=O)c1ccc(I)c(C(=O)O)c1. The average molecular weight is 427 g/mol. The third-order valence-corrected chi connectivity index (χ3v) is 5.90. The fourth-order valence-corrected chi connectivity index (χ4v) is 4.11. The van der Waals surface area contributed by atoms with Crippen LogP contribution in [0.25, 0.3) is 0 Å². The van der Waals surface area contributed by atoms with Crippen LogP contribution in [0.4, 0.5) is 0 Å². The summed E-state index contributed by atoms with van der Waals surface area (Å²) < 4.78 is 27.0. The number of hydrogen-bond acceptors (Lipinski definition) is 4. The van der Waals surface area contributed by atoms with Gasteiger partial charge in [-0.2, -0.15) is 4.31 Å². The van der Waals surface area contributed by atoms with E-state index in [0.717, 1.165) is 0 Å². The van der Waals surface area contributed by atoms with Gasteiger partial charge in [-0.05, 0) is 61.1 Å². The molecule has 0 saturated carbocycles. The van der Waals surface area contributed by atoms with Crippen LogP contribution in [0, 0.1) is 3.57 Å². The van der Waals surface area contributed by atoms with E-state index in [2.05, 4.69) is 0 Å². The second-order valence-corrected chi connectivity index (χ2v) is 7.79. The molecule has 0 aliphatic carbocycles. The zero-order chi connectivity index (χ0) is 16.2. The predicted octanol–water partition coefficient (Wildman–Crippen LogP) is 1.77. The molecule has 0 amide bonds. The first-order valence-corrected chi connectivity index (χ1v) is 8.89. The van der Waals surface area contributed by atoms with Gasteiger partial charge >= 0.3 is 5.97 Å². The molecule has 0 fully saturated rings. The molecule has 0 unspecified atom stereocenters. The highest BCUT2D eigenvalue weighted by molar-refractivity contribution is 14.1.